The van der Waals surface area contributed by atoms with E-state index in [1.807, 2.05) is 43.3 Å². The largest absolute Gasteiger partial charge is 0.481 e. The van der Waals surface area contributed by atoms with Crippen molar-refractivity contribution in [2.24, 2.45) is 0 Å². The number of aromatic amines is 1. The average Bonchev–Trinajstić information content (AvgIpc) is 2.83. The van der Waals surface area contributed by atoms with Crippen molar-refractivity contribution in [1.29, 1.82) is 0 Å². The van der Waals surface area contributed by atoms with Gasteiger partial charge in [-0.3, -0.25) is 4.79 Å². The van der Waals surface area contributed by atoms with Gasteiger partial charge in [0.2, 0.25) is 0 Å². The summed E-state index contributed by atoms with van der Waals surface area (Å²) in [6, 6.07) is 11.5. The van der Waals surface area contributed by atoms with E-state index < -0.39 is 5.97 Å². The maximum Gasteiger partial charge on any atom is 0.307 e. The third-order valence-corrected chi connectivity index (χ3v) is 4.47. The summed E-state index contributed by atoms with van der Waals surface area (Å²) in [7, 11) is 0. The van der Waals surface area contributed by atoms with Gasteiger partial charge < -0.3 is 10.1 Å². The van der Waals surface area contributed by atoms with Crippen LogP contribution < -0.4 is 0 Å². The van der Waals surface area contributed by atoms with Crippen LogP contribution in [0.3, 0.4) is 0 Å². The smallest absolute Gasteiger partial charge is 0.307 e. The maximum absolute atomic E-state index is 11.3. The third kappa shape index (κ3) is 2.64. The Morgan fingerprint density at radius 1 is 1.32 bits per heavy atom. The van der Waals surface area contributed by atoms with Gasteiger partial charge in [0.05, 0.1) is 22.7 Å². The Balaban J connectivity index is 2.36. The van der Waals surface area contributed by atoms with E-state index in [0.717, 1.165) is 32.2 Å². The topological polar surface area (TPSA) is 53.1 Å². The van der Waals surface area contributed by atoms with Crippen LogP contribution in [0.25, 0.3) is 22.2 Å². The van der Waals surface area contributed by atoms with Gasteiger partial charge in [0.25, 0.3) is 0 Å². The molecular weight excluding hydrogens is 366 g/mol. The van der Waals surface area contributed by atoms with Crippen molar-refractivity contribution in [3.63, 3.8) is 0 Å². The summed E-state index contributed by atoms with van der Waals surface area (Å²) in [6.45, 7) is 1.98. The van der Waals surface area contributed by atoms with Crippen LogP contribution in [0.2, 0.25) is 5.02 Å². The molecule has 0 aliphatic rings. The molecule has 0 spiro atoms. The summed E-state index contributed by atoms with van der Waals surface area (Å²) in [4.78, 5) is 14.6. The van der Waals surface area contributed by atoms with Crippen LogP contribution in [0.1, 0.15) is 11.1 Å². The first-order chi connectivity index (χ1) is 10.5. The minimum Gasteiger partial charge on any atom is -0.481 e. The fourth-order valence-electron chi connectivity index (χ4n) is 2.68. The van der Waals surface area contributed by atoms with Crippen LogP contribution in [-0.2, 0) is 11.2 Å². The summed E-state index contributed by atoms with van der Waals surface area (Å²) in [5, 5.41) is 10.6. The molecule has 0 fully saturated rings. The van der Waals surface area contributed by atoms with Gasteiger partial charge >= 0.3 is 5.97 Å². The van der Waals surface area contributed by atoms with E-state index in [4.69, 9.17) is 11.6 Å². The monoisotopic (exact) mass is 377 g/mol. The zero-order valence-electron chi connectivity index (χ0n) is 11.8. The van der Waals surface area contributed by atoms with E-state index in [1.165, 1.54) is 0 Å². The lowest BCUT2D eigenvalue weighted by molar-refractivity contribution is -0.136. The molecule has 0 atom stereocenters. The van der Waals surface area contributed by atoms with Crippen molar-refractivity contribution in [3.8, 4) is 11.3 Å². The number of halogens is 2. The first-order valence-electron chi connectivity index (χ1n) is 6.74. The van der Waals surface area contributed by atoms with E-state index in [0.29, 0.717) is 10.6 Å². The molecule has 2 N–H and O–H groups in total. The van der Waals surface area contributed by atoms with Crippen LogP contribution in [-0.4, -0.2) is 16.1 Å². The van der Waals surface area contributed by atoms with Gasteiger partial charge in [-0.05, 0) is 41.8 Å². The Hall–Kier alpha value is -1.78. The second kappa shape index (κ2) is 5.78. The van der Waals surface area contributed by atoms with Gasteiger partial charge in [-0.25, -0.2) is 0 Å². The highest BCUT2D eigenvalue weighted by atomic mass is 79.9. The minimum atomic E-state index is -0.880. The Morgan fingerprint density at radius 3 is 2.77 bits per heavy atom. The Bertz CT molecular complexity index is 886. The van der Waals surface area contributed by atoms with Crippen molar-refractivity contribution in [1.82, 2.24) is 4.98 Å². The molecule has 1 heterocycles. The quantitative estimate of drug-likeness (QED) is 0.659. The van der Waals surface area contributed by atoms with E-state index in [-0.39, 0.29) is 6.42 Å². The maximum atomic E-state index is 11.3. The molecule has 112 valence electrons. The molecule has 0 unspecified atom stereocenters. The van der Waals surface area contributed by atoms with E-state index in [1.54, 1.807) is 0 Å². The number of nitrogens with one attached hydrogen (secondary N) is 1. The van der Waals surface area contributed by atoms with E-state index >= 15 is 0 Å². The Morgan fingerprint density at radius 2 is 2.09 bits per heavy atom. The number of aryl methyl sites for hydroxylation is 1. The first kappa shape index (κ1) is 15.1. The lowest BCUT2D eigenvalue weighted by atomic mass is 10.0. The lowest BCUT2D eigenvalue weighted by Crippen LogP contribution is -2.01. The number of aliphatic carboxylic acids is 1. The summed E-state index contributed by atoms with van der Waals surface area (Å²) >= 11 is 9.78. The molecule has 22 heavy (non-hydrogen) atoms. The lowest BCUT2D eigenvalue weighted by Gasteiger charge is -2.04. The fraction of sp³-hybridized carbons (Fsp3) is 0.118. The van der Waals surface area contributed by atoms with Crippen molar-refractivity contribution >= 4 is 44.4 Å². The summed E-state index contributed by atoms with van der Waals surface area (Å²) in [6.07, 6.45) is -0.0784. The fourth-order valence-corrected chi connectivity index (χ4v) is 3.35. The van der Waals surface area contributed by atoms with Crippen LogP contribution in [0.15, 0.2) is 40.9 Å². The van der Waals surface area contributed by atoms with Gasteiger partial charge in [-0.1, -0.05) is 45.7 Å². The standard InChI is InChI=1S/C17H13BrClNO2/c1-9-5-6-13(19)15-12(8-14(21)22)17(20-16(9)15)10-3-2-4-11(18)7-10/h2-7,20H,8H2,1H3,(H,21,22). The predicted octanol–water partition coefficient (Wildman–Crippen LogP) is 5.19. The number of aromatic nitrogens is 1. The molecule has 0 radical (unpaired) electrons. The van der Waals surface area contributed by atoms with Gasteiger partial charge in [0.1, 0.15) is 0 Å². The van der Waals surface area contributed by atoms with Gasteiger partial charge in [-0.15, -0.1) is 0 Å². The number of fused-ring (bicyclic) bond motifs is 1. The highest BCUT2D eigenvalue weighted by Gasteiger charge is 2.19. The number of carboxylic acids is 1. The molecule has 3 rings (SSSR count). The number of benzene rings is 2. The van der Waals surface area contributed by atoms with Crippen molar-refractivity contribution in [2.45, 2.75) is 13.3 Å². The zero-order chi connectivity index (χ0) is 15.9. The van der Waals surface area contributed by atoms with Crippen LogP contribution in [0.5, 0.6) is 0 Å². The molecule has 0 bridgehead atoms. The number of rotatable bonds is 3. The molecule has 5 heteroatoms. The van der Waals surface area contributed by atoms with Crippen molar-refractivity contribution in [3.05, 3.63) is 57.0 Å². The van der Waals surface area contributed by atoms with E-state index in [9.17, 15) is 9.90 Å². The summed E-state index contributed by atoms with van der Waals surface area (Å²) < 4.78 is 0.938. The summed E-state index contributed by atoms with van der Waals surface area (Å²) in [5.41, 5.74) is 4.37. The highest BCUT2D eigenvalue weighted by Crippen LogP contribution is 2.37. The van der Waals surface area contributed by atoms with Crippen molar-refractivity contribution < 1.29 is 9.90 Å². The molecule has 2 aromatic carbocycles. The number of H-pyrrole nitrogens is 1. The van der Waals surface area contributed by atoms with Crippen LogP contribution in [0.4, 0.5) is 0 Å². The Kier molecular flexibility index (Phi) is 3.98. The normalized spacial score (nSPS) is 11.0. The van der Waals surface area contributed by atoms with Crippen LogP contribution >= 0.6 is 27.5 Å². The summed E-state index contributed by atoms with van der Waals surface area (Å²) in [5.74, 6) is -0.880. The Labute approximate surface area is 141 Å². The number of hydrogen-bond donors (Lipinski definition) is 2. The molecule has 0 saturated heterocycles. The minimum absolute atomic E-state index is 0.0784. The molecule has 0 saturated carbocycles. The molecular formula is C17H13BrClNO2. The van der Waals surface area contributed by atoms with Gasteiger partial charge in [0.15, 0.2) is 0 Å². The molecule has 0 aliphatic heterocycles. The number of carboxylic acid groups (broad SMARTS) is 1. The van der Waals surface area contributed by atoms with Gasteiger partial charge in [-0.2, -0.15) is 0 Å². The molecule has 0 amide bonds. The number of hydrogen-bond acceptors (Lipinski definition) is 1. The molecule has 3 aromatic rings. The second-order valence-electron chi connectivity index (χ2n) is 5.17. The third-order valence-electron chi connectivity index (χ3n) is 3.66. The average molecular weight is 379 g/mol. The highest BCUT2D eigenvalue weighted by molar-refractivity contribution is 9.10. The zero-order valence-corrected chi connectivity index (χ0v) is 14.1. The molecule has 3 nitrogen and oxygen atoms in total. The SMILES string of the molecule is Cc1ccc(Cl)c2c(CC(=O)O)c(-c3cccc(Br)c3)[nH]c12. The molecule has 0 aliphatic carbocycles. The van der Waals surface area contributed by atoms with Crippen molar-refractivity contribution in [2.75, 3.05) is 0 Å². The second-order valence-corrected chi connectivity index (χ2v) is 6.50. The van der Waals surface area contributed by atoms with Gasteiger partial charge in [0, 0.05) is 9.86 Å². The van der Waals surface area contributed by atoms with Crippen LogP contribution in [0, 0.1) is 6.92 Å². The first-order valence-corrected chi connectivity index (χ1v) is 7.92. The molecule has 1 aromatic heterocycles. The van der Waals surface area contributed by atoms with E-state index in [2.05, 4.69) is 20.9 Å². The number of carbonyl (C=O) groups is 1. The predicted molar refractivity (Wildman–Crippen MR) is 92.5 cm³/mol.